The van der Waals surface area contributed by atoms with Crippen LogP contribution in [-0.2, 0) is 0 Å². The molecule has 4 nitrogen and oxygen atoms in total. The third kappa shape index (κ3) is 4.67. The molecule has 7 aromatic carbocycles. The number of nitriles is 1. The van der Waals surface area contributed by atoms with Gasteiger partial charge in [-0.05, 0) is 87.4 Å². The summed E-state index contributed by atoms with van der Waals surface area (Å²) in [5.74, 6) is 0. The van der Waals surface area contributed by atoms with E-state index in [9.17, 15) is 5.26 Å². The van der Waals surface area contributed by atoms with Crippen LogP contribution in [0.4, 0.5) is 0 Å². The molecule has 256 valence electrons. The number of hydrogen-bond acceptors (Lipinski definition) is 1. The first-order valence-corrected chi connectivity index (χ1v) is 18.5. The molecule has 0 radical (unpaired) electrons. The lowest BCUT2D eigenvalue weighted by Gasteiger charge is -2.20. The lowest BCUT2D eigenvalue weighted by atomic mass is 10.0. The van der Waals surface area contributed by atoms with Gasteiger partial charge in [-0.2, -0.15) is 5.26 Å². The number of para-hydroxylation sites is 4. The first kappa shape index (κ1) is 32.3. The van der Waals surface area contributed by atoms with Crippen LogP contribution in [0.15, 0.2) is 133 Å². The summed E-state index contributed by atoms with van der Waals surface area (Å²) in [4.78, 5) is 0. The minimum absolute atomic E-state index is 0.623. The number of benzene rings is 7. The van der Waals surface area contributed by atoms with Crippen molar-refractivity contribution in [3.05, 3.63) is 161 Å². The minimum atomic E-state index is 0.623. The molecule has 4 heteroatoms. The molecule has 0 atom stereocenters. The topological polar surface area (TPSA) is 38.6 Å². The van der Waals surface area contributed by atoms with Crippen molar-refractivity contribution in [2.75, 3.05) is 0 Å². The maximum absolute atomic E-state index is 11.3. The molecule has 0 amide bonds. The van der Waals surface area contributed by atoms with Crippen LogP contribution in [0, 0.1) is 39.0 Å². The highest BCUT2D eigenvalue weighted by molar-refractivity contribution is 6.13. The van der Waals surface area contributed by atoms with Crippen molar-refractivity contribution in [2.24, 2.45) is 0 Å². The van der Waals surface area contributed by atoms with Gasteiger partial charge in [0.25, 0.3) is 0 Å². The second kappa shape index (κ2) is 12.3. The first-order chi connectivity index (χ1) is 25.9. The van der Waals surface area contributed by atoms with E-state index >= 15 is 0 Å². The molecule has 0 aliphatic carbocycles. The van der Waals surface area contributed by atoms with E-state index in [1.165, 1.54) is 44.1 Å². The molecule has 3 aromatic heterocycles. The zero-order valence-electron chi connectivity index (χ0n) is 31.0. The lowest BCUT2D eigenvalue weighted by molar-refractivity contribution is 1.08. The van der Waals surface area contributed by atoms with Gasteiger partial charge >= 0.3 is 0 Å². The average Bonchev–Trinajstić information content (AvgIpc) is 3.81. The third-order valence-electron chi connectivity index (χ3n) is 10.7. The average molecular weight is 685 g/mol. The van der Waals surface area contributed by atoms with E-state index in [1.807, 2.05) is 13.8 Å². The van der Waals surface area contributed by atoms with Crippen LogP contribution in [0.2, 0.25) is 0 Å². The molecule has 53 heavy (non-hydrogen) atoms. The summed E-state index contributed by atoms with van der Waals surface area (Å²) in [6, 6.07) is 50.6. The Morgan fingerprint density at radius 3 is 1.09 bits per heavy atom. The fourth-order valence-electron chi connectivity index (χ4n) is 8.85. The van der Waals surface area contributed by atoms with Crippen molar-refractivity contribution < 1.29 is 0 Å². The van der Waals surface area contributed by atoms with E-state index in [4.69, 9.17) is 0 Å². The summed E-state index contributed by atoms with van der Waals surface area (Å²) in [6.45, 7) is 12.8. The molecule has 0 spiro atoms. The molecule has 0 N–H and O–H groups in total. The highest BCUT2D eigenvalue weighted by Gasteiger charge is 2.24. The summed E-state index contributed by atoms with van der Waals surface area (Å²) < 4.78 is 7.04. The van der Waals surface area contributed by atoms with Crippen molar-refractivity contribution >= 4 is 65.4 Å². The van der Waals surface area contributed by atoms with Crippen LogP contribution in [-0.4, -0.2) is 13.7 Å². The second-order valence-electron chi connectivity index (χ2n) is 14.0. The molecule has 0 saturated heterocycles. The van der Waals surface area contributed by atoms with Gasteiger partial charge in [0.1, 0.15) is 11.6 Å². The standard InChI is InChI=1S/C47H34N4.C2H6/c1-28-21-30(3)46-37(23-28)38-24-29(2)22-31(4)47(38)49(46)32-25-44(50-40-17-9-5-13-33(40)34-14-6-10-18-41(34)50)39(27-48)45(26-32)51-42-19-11-7-15-35(42)36-16-8-12-20-43(36)51;1-2/h5-26H,1-4H3;1-2H3. The van der Waals surface area contributed by atoms with Gasteiger partial charge in [0.15, 0.2) is 0 Å². The smallest absolute Gasteiger partial charge is 0.104 e. The van der Waals surface area contributed by atoms with Crippen LogP contribution in [0.25, 0.3) is 82.5 Å². The van der Waals surface area contributed by atoms with E-state index in [2.05, 4.69) is 181 Å². The summed E-state index contributed by atoms with van der Waals surface area (Å²) >= 11 is 0. The summed E-state index contributed by atoms with van der Waals surface area (Å²) in [5.41, 5.74) is 14.9. The van der Waals surface area contributed by atoms with Gasteiger partial charge in [0.05, 0.1) is 50.2 Å². The zero-order chi connectivity index (χ0) is 36.5. The Bertz CT molecular complexity index is 2830. The largest absolute Gasteiger partial charge is 0.309 e. The molecule has 0 unspecified atom stereocenters. The Balaban J connectivity index is 0.00000183. The Hall–Kier alpha value is -6.57. The van der Waals surface area contributed by atoms with Gasteiger partial charge in [0.2, 0.25) is 0 Å². The SMILES string of the molecule is CC.Cc1cc(C)c2c(c1)c1cc(C)cc(C)c1n2-c1cc(-n2c3ccccc3c3ccccc32)c(C#N)c(-n2c3ccccc3c3ccccc32)c1. The number of aryl methyl sites for hydroxylation is 4. The van der Waals surface area contributed by atoms with Gasteiger partial charge in [0, 0.05) is 32.3 Å². The highest BCUT2D eigenvalue weighted by Crippen LogP contribution is 2.42. The number of nitrogens with zero attached hydrogens (tertiary/aromatic N) is 4. The fourth-order valence-corrected chi connectivity index (χ4v) is 8.85. The third-order valence-corrected chi connectivity index (χ3v) is 10.7. The predicted octanol–water partition coefficient (Wildman–Crippen LogP) is 13.1. The maximum Gasteiger partial charge on any atom is 0.104 e. The van der Waals surface area contributed by atoms with E-state index in [1.54, 1.807) is 0 Å². The van der Waals surface area contributed by atoms with Gasteiger partial charge in [-0.25, -0.2) is 0 Å². The summed E-state index contributed by atoms with van der Waals surface area (Å²) in [7, 11) is 0. The van der Waals surface area contributed by atoms with Crippen LogP contribution in [0.5, 0.6) is 0 Å². The molecular weight excluding hydrogens is 645 g/mol. The molecule has 10 aromatic rings. The van der Waals surface area contributed by atoms with E-state index in [0.717, 1.165) is 60.7 Å². The summed E-state index contributed by atoms with van der Waals surface area (Å²) in [5, 5.41) is 18.5. The highest BCUT2D eigenvalue weighted by atomic mass is 15.0. The van der Waals surface area contributed by atoms with Crippen LogP contribution >= 0.6 is 0 Å². The van der Waals surface area contributed by atoms with Crippen molar-refractivity contribution in [3.8, 4) is 23.1 Å². The van der Waals surface area contributed by atoms with Crippen molar-refractivity contribution in [3.63, 3.8) is 0 Å². The number of hydrogen-bond donors (Lipinski definition) is 0. The van der Waals surface area contributed by atoms with Crippen LogP contribution in [0.1, 0.15) is 41.7 Å². The van der Waals surface area contributed by atoms with Gasteiger partial charge in [-0.1, -0.05) is 110 Å². The molecule has 3 heterocycles. The van der Waals surface area contributed by atoms with Gasteiger partial charge < -0.3 is 13.7 Å². The molecule has 10 rings (SSSR count). The van der Waals surface area contributed by atoms with Crippen LogP contribution < -0.4 is 0 Å². The molecule has 0 saturated carbocycles. The van der Waals surface area contributed by atoms with E-state index in [0.29, 0.717) is 5.56 Å². The fraction of sp³-hybridized carbons (Fsp3) is 0.122. The quantitative estimate of drug-likeness (QED) is 0.183. The lowest BCUT2D eigenvalue weighted by Crippen LogP contribution is -2.08. The summed E-state index contributed by atoms with van der Waals surface area (Å²) in [6.07, 6.45) is 0. The Morgan fingerprint density at radius 2 is 0.755 bits per heavy atom. The van der Waals surface area contributed by atoms with E-state index in [-0.39, 0.29) is 0 Å². The maximum atomic E-state index is 11.3. The zero-order valence-corrected chi connectivity index (χ0v) is 31.0. The Kier molecular flexibility index (Phi) is 7.50. The van der Waals surface area contributed by atoms with Gasteiger partial charge in [-0.15, -0.1) is 0 Å². The molecule has 0 fully saturated rings. The number of aromatic nitrogens is 3. The molecule has 0 bridgehead atoms. The Morgan fingerprint density at radius 1 is 0.415 bits per heavy atom. The molecular formula is C49H40N4. The number of rotatable bonds is 3. The van der Waals surface area contributed by atoms with Gasteiger partial charge in [-0.3, -0.25) is 0 Å². The van der Waals surface area contributed by atoms with E-state index < -0.39 is 0 Å². The van der Waals surface area contributed by atoms with Crippen molar-refractivity contribution in [1.29, 1.82) is 5.26 Å². The first-order valence-electron chi connectivity index (χ1n) is 18.5. The van der Waals surface area contributed by atoms with Crippen molar-refractivity contribution in [2.45, 2.75) is 41.5 Å². The van der Waals surface area contributed by atoms with Crippen molar-refractivity contribution in [1.82, 2.24) is 13.7 Å². The second-order valence-corrected chi connectivity index (χ2v) is 14.0. The minimum Gasteiger partial charge on any atom is -0.309 e. The molecule has 0 aliphatic rings. The predicted molar refractivity (Wildman–Crippen MR) is 224 cm³/mol. The monoisotopic (exact) mass is 684 g/mol. The molecule has 0 aliphatic heterocycles. The Labute approximate surface area is 309 Å². The normalized spacial score (nSPS) is 11.6. The number of fused-ring (bicyclic) bond motifs is 9. The van der Waals surface area contributed by atoms with Crippen LogP contribution in [0.3, 0.4) is 0 Å².